The van der Waals surface area contributed by atoms with Crippen molar-refractivity contribution >= 4 is 17.9 Å². The number of hydrogen-bond donors (Lipinski definition) is 1. The van der Waals surface area contributed by atoms with Gasteiger partial charge in [0.2, 0.25) is 0 Å². The molecule has 1 heterocycles. The molecule has 1 aliphatic heterocycles. The van der Waals surface area contributed by atoms with Crippen molar-refractivity contribution in [2.24, 2.45) is 0 Å². The van der Waals surface area contributed by atoms with Crippen LogP contribution in [0.15, 0.2) is 30.3 Å². The third-order valence-corrected chi connectivity index (χ3v) is 3.95. The Morgan fingerprint density at radius 1 is 0.929 bits per heavy atom. The molecule has 28 heavy (non-hydrogen) atoms. The number of rotatable bonds is 7. The molecule has 0 unspecified atom stereocenters. The molecule has 1 aliphatic rings. The highest BCUT2D eigenvalue weighted by molar-refractivity contribution is 5.67. The van der Waals surface area contributed by atoms with Crippen LogP contribution in [0.4, 0.5) is 0 Å². The third-order valence-electron chi connectivity index (χ3n) is 3.95. The van der Waals surface area contributed by atoms with E-state index in [9.17, 15) is 19.5 Å². The minimum absolute atomic E-state index is 0.102. The lowest BCUT2D eigenvalue weighted by Gasteiger charge is -2.43. The van der Waals surface area contributed by atoms with Gasteiger partial charge in [-0.3, -0.25) is 14.4 Å². The van der Waals surface area contributed by atoms with Gasteiger partial charge in [0.25, 0.3) is 0 Å². The van der Waals surface area contributed by atoms with E-state index in [-0.39, 0.29) is 13.2 Å². The summed E-state index contributed by atoms with van der Waals surface area (Å²) >= 11 is 0. The van der Waals surface area contributed by atoms with E-state index in [1.54, 1.807) is 0 Å². The molecule has 1 saturated heterocycles. The molecule has 154 valence electrons. The van der Waals surface area contributed by atoms with Crippen molar-refractivity contribution in [1.82, 2.24) is 0 Å². The quantitative estimate of drug-likeness (QED) is 0.525. The second kappa shape index (κ2) is 10.2. The van der Waals surface area contributed by atoms with Crippen molar-refractivity contribution in [2.75, 3.05) is 6.61 Å². The van der Waals surface area contributed by atoms with Gasteiger partial charge in [-0.05, 0) is 5.56 Å². The summed E-state index contributed by atoms with van der Waals surface area (Å²) in [5.41, 5.74) is 0.822. The van der Waals surface area contributed by atoms with Crippen LogP contribution in [-0.2, 0) is 44.7 Å². The Bertz CT molecular complexity index is 675. The summed E-state index contributed by atoms with van der Waals surface area (Å²) in [6, 6.07) is 9.15. The van der Waals surface area contributed by atoms with Crippen LogP contribution >= 0.6 is 0 Å². The van der Waals surface area contributed by atoms with Crippen LogP contribution < -0.4 is 0 Å². The Kier molecular flexibility index (Phi) is 7.91. The summed E-state index contributed by atoms with van der Waals surface area (Å²) in [4.78, 5) is 34.3. The molecule has 0 bridgehead atoms. The maximum atomic E-state index is 11.6. The second-order valence-electron chi connectivity index (χ2n) is 6.28. The van der Waals surface area contributed by atoms with Crippen LogP contribution in [0.2, 0.25) is 0 Å². The molecule has 0 aliphatic carbocycles. The highest BCUT2D eigenvalue weighted by atomic mass is 16.7. The van der Waals surface area contributed by atoms with E-state index < -0.39 is 48.6 Å². The van der Waals surface area contributed by atoms with E-state index in [0.29, 0.717) is 0 Å². The van der Waals surface area contributed by atoms with Gasteiger partial charge in [-0.25, -0.2) is 0 Å². The predicted molar refractivity (Wildman–Crippen MR) is 93.6 cm³/mol. The highest BCUT2D eigenvalue weighted by Crippen LogP contribution is 2.28. The fraction of sp³-hybridized carbons (Fsp3) is 0.526. The van der Waals surface area contributed by atoms with Crippen molar-refractivity contribution in [3.05, 3.63) is 35.9 Å². The van der Waals surface area contributed by atoms with Crippen LogP contribution in [0.25, 0.3) is 0 Å². The van der Waals surface area contributed by atoms with Gasteiger partial charge in [0, 0.05) is 20.8 Å². The molecule has 9 nitrogen and oxygen atoms in total. The van der Waals surface area contributed by atoms with Crippen molar-refractivity contribution < 1.29 is 43.2 Å². The summed E-state index contributed by atoms with van der Waals surface area (Å²) in [6.07, 6.45) is -5.95. The molecule has 0 amide bonds. The average Bonchev–Trinajstić information content (AvgIpc) is 2.62. The lowest BCUT2D eigenvalue weighted by atomic mass is 9.98. The summed E-state index contributed by atoms with van der Waals surface area (Å²) in [5, 5.41) is 10.4. The first-order chi connectivity index (χ1) is 13.3. The summed E-state index contributed by atoms with van der Waals surface area (Å²) in [5.74, 6) is -1.89. The minimum atomic E-state index is -1.50. The van der Waals surface area contributed by atoms with Crippen molar-refractivity contribution in [2.45, 2.75) is 58.1 Å². The molecule has 0 spiro atoms. The van der Waals surface area contributed by atoms with Gasteiger partial charge in [0.1, 0.15) is 18.8 Å². The standard InChI is InChI=1S/C19H24O9/c1-11(20)24-10-15-16(26-12(2)21)17(27-13(3)22)18(19(23)28-15)25-9-14-7-5-4-6-8-14/h4-8,15-19,23H,9-10H2,1-3H3/t15-,16-,17+,18+,19+/m1/s1. The summed E-state index contributed by atoms with van der Waals surface area (Å²) < 4.78 is 26.6. The Morgan fingerprint density at radius 2 is 1.54 bits per heavy atom. The number of aliphatic hydroxyl groups excluding tert-OH is 1. The highest BCUT2D eigenvalue weighted by Gasteiger charge is 2.50. The molecular weight excluding hydrogens is 372 g/mol. The number of carbonyl (C=O) groups is 3. The molecule has 2 rings (SSSR count). The molecule has 0 aromatic heterocycles. The number of esters is 3. The van der Waals surface area contributed by atoms with Crippen LogP contribution in [0.5, 0.6) is 0 Å². The maximum Gasteiger partial charge on any atom is 0.303 e. The first-order valence-electron chi connectivity index (χ1n) is 8.74. The van der Waals surface area contributed by atoms with Gasteiger partial charge in [0.05, 0.1) is 6.61 Å². The van der Waals surface area contributed by atoms with E-state index >= 15 is 0 Å². The van der Waals surface area contributed by atoms with Gasteiger partial charge in [-0.1, -0.05) is 30.3 Å². The number of aliphatic hydroxyl groups is 1. The zero-order valence-electron chi connectivity index (χ0n) is 15.9. The zero-order chi connectivity index (χ0) is 20.7. The third kappa shape index (κ3) is 6.29. The normalized spacial score (nSPS) is 26.9. The molecule has 1 N–H and O–H groups in total. The van der Waals surface area contributed by atoms with Crippen LogP contribution in [0.3, 0.4) is 0 Å². The fourth-order valence-corrected chi connectivity index (χ4v) is 2.83. The Morgan fingerprint density at radius 3 is 2.11 bits per heavy atom. The van der Waals surface area contributed by atoms with Gasteiger partial charge in [-0.2, -0.15) is 0 Å². The Balaban J connectivity index is 2.22. The van der Waals surface area contributed by atoms with E-state index in [2.05, 4.69) is 0 Å². The van der Waals surface area contributed by atoms with Crippen molar-refractivity contribution in [3.63, 3.8) is 0 Å². The molecule has 9 heteroatoms. The van der Waals surface area contributed by atoms with Crippen molar-refractivity contribution in [3.8, 4) is 0 Å². The molecule has 0 saturated carbocycles. The minimum Gasteiger partial charge on any atom is -0.463 e. The van der Waals surface area contributed by atoms with Gasteiger partial charge < -0.3 is 28.8 Å². The average molecular weight is 396 g/mol. The van der Waals surface area contributed by atoms with Gasteiger partial charge in [-0.15, -0.1) is 0 Å². The van der Waals surface area contributed by atoms with Crippen LogP contribution in [0.1, 0.15) is 26.3 Å². The van der Waals surface area contributed by atoms with Gasteiger partial charge in [0.15, 0.2) is 18.5 Å². The molecule has 1 aromatic rings. The fourth-order valence-electron chi connectivity index (χ4n) is 2.83. The van der Waals surface area contributed by atoms with Crippen LogP contribution in [0, 0.1) is 0 Å². The topological polar surface area (TPSA) is 118 Å². The summed E-state index contributed by atoms with van der Waals surface area (Å²) in [6.45, 7) is 3.37. The largest absolute Gasteiger partial charge is 0.463 e. The number of benzene rings is 1. The van der Waals surface area contributed by atoms with E-state index in [0.717, 1.165) is 5.56 Å². The smallest absolute Gasteiger partial charge is 0.303 e. The lowest BCUT2D eigenvalue weighted by Crippen LogP contribution is -2.62. The summed E-state index contributed by atoms with van der Waals surface area (Å²) in [7, 11) is 0. The van der Waals surface area contributed by atoms with E-state index in [1.807, 2.05) is 30.3 Å². The molecule has 1 aromatic carbocycles. The first kappa shape index (κ1) is 21.8. The first-order valence-corrected chi connectivity index (χ1v) is 8.74. The van der Waals surface area contributed by atoms with Crippen molar-refractivity contribution in [1.29, 1.82) is 0 Å². The van der Waals surface area contributed by atoms with E-state index in [1.165, 1.54) is 20.8 Å². The van der Waals surface area contributed by atoms with E-state index in [4.69, 9.17) is 23.7 Å². The Hall–Kier alpha value is -2.49. The SMILES string of the molecule is CC(=O)OC[C@H]1O[C@H](O)[C@@H](OCc2ccccc2)[C@@H](OC(C)=O)[C@@H]1OC(C)=O. The number of carbonyl (C=O) groups excluding carboxylic acids is 3. The predicted octanol–water partition coefficient (Wildman–Crippen LogP) is 0.715. The number of hydrogen-bond acceptors (Lipinski definition) is 9. The molecular formula is C19H24O9. The Labute approximate surface area is 162 Å². The maximum absolute atomic E-state index is 11.6. The number of ether oxygens (including phenoxy) is 5. The molecule has 1 fully saturated rings. The molecule has 0 radical (unpaired) electrons. The monoisotopic (exact) mass is 396 g/mol. The lowest BCUT2D eigenvalue weighted by molar-refractivity contribution is -0.303. The van der Waals surface area contributed by atoms with Crippen LogP contribution in [-0.4, -0.2) is 60.3 Å². The van der Waals surface area contributed by atoms with Gasteiger partial charge >= 0.3 is 17.9 Å². The second-order valence-corrected chi connectivity index (χ2v) is 6.28. The zero-order valence-corrected chi connectivity index (χ0v) is 15.9. The molecule has 5 atom stereocenters.